The summed E-state index contributed by atoms with van der Waals surface area (Å²) in [6.07, 6.45) is 0.626. The molecule has 0 aliphatic carbocycles. The number of esters is 1. The standard InChI is InChI=1S/C8H13Cl3O2/c1-6(2)3-4-13-7(12)5-8(9,10)11/h6H,3-5H2,1-2H3. The normalized spacial score (nSPS) is 11.8. The predicted octanol–water partition coefficient (Wildman–Crippen LogP) is 3.34. The lowest BCUT2D eigenvalue weighted by molar-refractivity contribution is -0.143. The molecule has 0 radical (unpaired) electrons. The summed E-state index contributed by atoms with van der Waals surface area (Å²) in [5, 5.41) is 0. The number of alkyl halides is 3. The van der Waals surface area contributed by atoms with Crippen molar-refractivity contribution < 1.29 is 9.53 Å². The smallest absolute Gasteiger partial charge is 0.310 e. The Morgan fingerprint density at radius 3 is 2.31 bits per heavy atom. The topological polar surface area (TPSA) is 26.3 Å². The molecule has 0 aromatic heterocycles. The fourth-order valence-electron chi connectivity index (χ4n) is 0.623. The van der Waals surface area contributed by atoms with Crippen molar-refractivity contribution in [2.45, 2.75) is 30.5 Å². The zero-order chi connectivity index (χ0) is 10.5. The second kappa shape index (κ2) is 5.94. The van der Waals surface area contributed by atoms with E-state index in [9.17, 15) is 4.79 Å². The number of halogens is 3. The maximum absolute atomic E-state index is 11.0. The molecule has 78 valence electrons. The molecule has 0 aromatic carbocycles. The third-order valence-electron chi connectivity index (χ3n) is 1.30. The summed E-state index contributed by atoms with van der Waals surface area (Å²) < 4.78 is 3.29. The van der Waals surface area contributed by atoms with Gasteiger partial charge in [-0.05, 0) is 12.3 Å². The Morgan fingerprint density at radius 2 is 1.92 bits per heavy atom. The van der Waals surface area contributed by atoms with E-state index < -0.39 is 9.76 Å². The molecule has 0 saturated heterocycles. The van der Waals surface area contributed by atoms with Gasteiger partial charge in [0.2, 0.25) is 3.79 Å². The summed E-state index contributed by atoms with van der Waals surface area (Å²) in [5.74, 6) is 0.0289. The van der Waals surface area contributed by atoms with Crippen molar-refractivity contribution in [3.05, 3.63) is 0 Å². The van der Waals surface area contributed by atoms with Crippen LogP contribution < -0.4 is 0 Å². The van der Waals surface area contributed by atoms with Crippen LogP contribution in [0.15, 0.2) is 0 Å². The molecule has 0 aromatic rings. The van der Waals surface area contributed by atoms with Crippen LogP contribution in [0.25, 0.3) is 0 Å². The van der Waals surface area contributed by atoms with Crippen LogP contribution in [0, 0.1) is 5.92 Å². The van der Waals surface area contributed by atoms with Crippen LogP contribution in [0.3, 0.4) is 0 Å². The molecule has 2 nitrogen and oxygen atoms in total. The van der Waals surface area contributed by atoms with E-state index >= 15 is 0 Å². The van der Waals surface area contributed by atoms with Crippen LogP contribution >= 0.6 is 34.8 Å². The van der Waals surface area contributed by atoms with Crippen molar-refractivity contribution in [1.29, 1.82) is 0 Å². The van der Waals surface area contributed by atoms with E-state index in [1.807, 2.05) is 13.8 Å². The van der Waals surface area contributed by atoms with E-state index in [1.165, 1.54) is 0 Å². The highest BCUT2D eigenvalue weighted by molar-refractivity contribution is 6.68. The van der Waals surface area contributed by atoms with Gasteiger partial charge in [0.1, 0.15) is 0 Å². The average Bonchev–Trinajstić information content (AvgIpc) is 1.81. The fourth-order valence-corrected chi connectivity index (χ4v) is 0.950. The summed E-state index contributed by atoms with van der Waals surface area (Å²) >= 11 is 16.2. The number of rotatable bonds is 4. The van der Waals surface area contributed by atoms with Gasteiger partial charge in [-0.3, -0.25) is 4.79 Å². The van der Waals surface area contributed by atoms with Gasteiger partial charge in [-0.15, -0.1) is 0 Å². The van der Waals surface area contributed by atoms with E-state index in [4.69, 9.17) is 39.5 Å². The first-order valence-electron chi connectivity index (χ1n) is 4.03. The Bertz CT molecular complexity index is 163. The third kappa shape index (κ3) is 10.3. The van der Waals surface area contributed by atoms with E-state index in [2.05, 4.69) is 0 Å². The van der Waals surface area contributed by atoms with Crippen LogP contribution in [-0.2, 0) is 9.53 Å². The van der Waals surface area contributed by atoms with E-state index in [1.54, 1.807) is 0 Å². The molecule has 0 bridgehead atoms. The van der Waals surface area contributed by atoms with Gasteiger partial charge in [0.25, 0.3) is 0 Å². The van der Waals surface area contributed by atoms with E-state index in [0.29, 0.717) is 12.5 Å². The lowest BCUT2D eigenvalue weighted by atomic mass is 10.1. The molecule has 0 atom stereocenters. The van der Waals surface area contributed by atoms with Crippen LogP contribution in [-0.4, -0.2) is 16.4 Å². The number of hydrogen-bond acceptors (Lipinski definition) is 2. The molecule has 13 heavy (non-hydrogen) atoms. The number of carbonyl (C=O) groups excluding carboxylic acids is 1. The molecule has 0 saturated carbocycles. The molecule has 0 heterocycles. The maximum atomic E-state index is 11.0. The number of hydrogen-bond donors (Lipinski definition) is 0. The van der Waals surface area contributed by atoms with Gasteiger partial charge < -0.3 is 4.74 Å². The average molecular weight is 248 g/mol. The molecule has 0 unspecified atom stereocenters. The molecule has 0 aliphatic rings. The summed E-state index contributed by atoms with van der Waals surface area (Å²) in [6, 6.07) is 0. The quantitative estimate of drug-likeness (QED) is 0.563. The van der Waals surface area contributed by atoms with Gasteiger partial charge in [-0.1, -0.05) is 48.7 Å². The van der Waals surface area contributed by atoms with Crippen molar-refractivity contribution in [3.63, 3.8) is 0 Å². The second-order valence-corrected chi connectivity index (χ2v) is 5.71. The molecule has 0 N–H and O–H groups in total. The number of ether oxygens (including phenoxy) is 1. The third-order valence-corrected chi connectivity index (χ3v) is 1.70. The van der Waals surface area contributed by atoms with E-state index in [-0.39, 0.29) is 6.42 Å². The van der Waals surface area contributed by atoms with Crippen molar-refractivity contribution in [3.8, 4) is 0 Å². The Morgan fingerprint density at radius 1 is 1.38 bits per heavy atom. The predicted molar refractivity (Wildman–Crippen MR) is 55.3 cm³/mol. The highest BCUT2D eigenvalue weighted by atomic mass is 35.6. The SMILES string of the molecule is CC(C)CCOC(=O)CC(Cl)(Cl)Cl. The molecule has 5 heteroatoms. The van der Waals surface area contributed by atoms with Gasteiger partial charge in [0.15, 0.2) is 0 Å². The van der Waals surface area contributed by atoms with E-state index in [0.717, 1.165) is 6.42 Å². The highest BCUT2D eigenvalue weighted by Gasteiger charge is 2.24. The summed E-state index contributed by atoms with van der Waals surface area (Å²) in [4.78, 5) is 11.0. The largest absolute Gasteiger partial charge is 0.466 e. The lowest BCUT2D eigenvalue weighted by Crippen LogP contribution is -2.15. The molecule has 0 amide bonds. The van der Waals surface area contributed by atoms with Gasteiger partial charge in [-0.25, -0.2) is 0 Å². The van der Waals surface area contributed by atoms with Gasteiger partial charge >= 0.3 is 5.97 Å². The van der Waals surface area contributed by atoms with Crippen molar-refractivity contribution in [2.24, 2.45) is 5.92 Å². The van der Waals surface area contributed by atoms with Crippen LogP contribution in [0.5, 0.6) is 0 Å². The maximum Gasteiger partial charge on any atom is 0.310 e. The zero-order valence-corrected chi connectivity index (χ0v) is 9.92. The minimum absolute atomic E-state index is 0.199. The summed E-state index contributed by atoms with van der Waals surface area (Å²) in [5.41, 5.74) is 0. The van der Waals surface area contributed by atoms with Crippen LogP contribution in [0.2, 0.25) is 0 Å². The highest BCUT2D eigenvalue weighted by Crippen LogP contribution is 2.30. The molecule has 0 spiro atoms. The first kappa shape index (κ1) is 13.3. The monoisotopic (exact) mass is 246 g/mol. The molecular formula is C8H13Cl3O2. The van der Waals surface area contributed by atoms with Crippen LogP contribution in [0.1, 0.15) is 26.7 Å². The Hall–Kier alpha value is 0.340. The lowest BCUT2D eigenvalue weighted by Gasteiger charge is -2.10. The summed E-state index contributed by atoms with van der Waals surface area (Å²) in [7, 11) is 0. The minimum Gasteiger partial charge on any atom is -0.466 e. The second-order valence-electron chi connectivity index (χ2n) is 3.19. The molecule has 0 fully saturated rings. The van der Waals surface area contributed by atoms with Crippen LogP contribution in [0.4, 0.5) is 0 Å². The van der Waals surface area contributed by atoms with Gasteiger partial charge in [0.05, 0.1) is 13.0 Å². The van der Waals surface area contributed by atoms with Crippen molar-refractivity contribution >= 4 is 40.8 Å². The first-order chi connectivity index (χ1) is 5.81. The fraction of sp³-hybridized carbons (Fsp3) is 0.875. The first-order valence-corrected chi connectivity index (χ1v) is 5.17. The Labute approximate surface area is 93.5 Å². The van der Waals surface area contributed by atoms with Crippen molar-refractivity contribution in [1.82, 2.24) is 0 Å². The zero-order valence-electron chi connectivity index (χ0n) is 7.65. The Kier molecular flexibility index (Phi) is 6.10. The van der Waals surface area contributed by atoms with Gasteiger partial charge in [-0.2, -0.15) is 0 Å². The molecule has 0 aliphatic heterocycles. The number of carbonyl (C=O) groups is 1. The minimum atomic E-state index is -1.55. The molecule has 0 rings (SSSR count). The van der Waals surface area contributed by atoms with Gasteiger partial charge in [0, 0.05) is 0 Å². The molecular weight excluding hydrogens is 234 g/mol. The van der Waals surface area contributed by atoms with Crippen molar-refractivity contribution in [2.75, 3.05) is 6.61 Å². The summed E-state index contributed by atoms with van der Waals surface area (Å²) in [6.45, 7) is 4.48. The Balaban J connectivity index is 3.53.